The maximum absolute atomic E-state index is 5.37. The van der Waals surface area contributed by atoms with Gasteiger partial charge in [0.05, 0.1) is 16.6 Å². The van der Waals surface area contributed by atoms with Crippen LogP contribution >= 0.6 is 11.3 Å². The Kier molecular flexibility index (Phi) is 5.45. The number of imidazole rings is 1. The molecule has 7 heteroatoms. The van der Waals surface area contributed by atoms with Gasteiger partial charge in [0.1, 0.15) is 11.3 Å². The third kappa shape index (κ3) is 3.76. The molecule has 0 bridgehead atoms. The molecule has 0 amide bonds. The first-order chi connectivity index (χ1) is 24.3. The summed E-state index contributed by atoms with van der Waals surface area (Å²) in [5.74, 6) is 1.81. The van der Waals surface area contributed by atoms with Gasteiger partial charge in [-0.3, -0.25) is 8.97 Å². The Balaban J connectivity index is 1.34. The number of rotatable bonds is 3. The Bertz CT molecular complexity index is 3120. The molecule has 0 spiro atoms. The molecule has 0 saturated carbocycles. The third-order valence-electron chi connectivity index (χ3n) is 9.56. The van der Waals surface area contributed by atoms with E-state index in [4.69, 9.17) is 19.9 Å². The first-order valence-corrected chi connectivity index (χ1v) is 17.1. The molecule has 0 N–H and O–H groups in total. The average Bonchev–Trinajstić information content (AvgIpc) is 3.85. The highest BCUT2D eigenvalue weighted by Crippen LogP contribution is 2.42. The summed E-state index contributed by atoms with van der Waals surface area (Å²) in [6.07, 6.45) is 0. The normalized spacial score (nSPS) is 12.1. The summed E-state index contributed by atoms with van der Waals surface area (Å²) in [6.45, 7) is 0. The van der Waals surface area contributed by atoms with Gasteiger partial charge in [-0.25, -0.2) is 9.97 Å². The smallest absolute Gasteiger partial charge is 0.239 e. The van der Waals surface area contributed by atoms with Gasteiger partial charge in [0.2, 0.25) is 5.95 Å². The van der Waals surface area contributed by atoms with Crippen molar-refractivity contribution in [3.63, 3.8) is 0 Å². The van der Waals surface area contributed by atoms with Gasteiger partial charge in [0.25, 0.3) is 0 Å². The zero-order chi connectivity index (χ0) is 32.1. The first-order valence-electron chi connectivity index (χ1n) is 16.3. The topological polar surface area (TPSA) is 60.9 Å². The fraction of sp³-hybridized carbons (Fsp3) is 0. The van der Waals surface area contributed by atoms with Crippen molar-refractivity contribution in [2.45, 2.75) is 0 Å². The van der Waals surface area contributed by atoms with Gasteiger partial charge in [-0.1, -0.05) is 115 Å². The van der Waals surface area contributed by atoms with Crippen molar-refractivity contribution >= 4 is 80.9 Å². The van der Waals surface area contributed by atoms with Gasteiger partial charge in [0, 0.05) is 47.5 Å². The molecule has 11 rings (SSSR count). The van der Waals surface area contributed by atoms with Crippen LogP contribution in [0.1, 0.15) is 0 Å². The maximum Gasteiger partial charge on any atom is 0.239 e. The molecule has 11 aromatic rings. The van der Waals surface area contributed by atoms with E-state index in [9.17, 15) is 0 Å². The molecule has 0 fully saturated rings. The summed E-state index contributed by atoms with van der Waals surface area (Å²) in [7, 11) is 0. The van der Waals surface area contributed by atoms with E-state index in [0.717, 1.165) is 65.9 Å². The number of fused-ring (bicyclic) bond motifs is 13. The molecule has 5 heterocycles. The molecule has 0 aliphatic carbocycles. The quantitative estimate of drug-likeness (QED) is 0.192. The molecule has 0 saturated heterocycles. The van der Waals surface area contributed by atoms with Crippen molar-refractivity contribution in [2.24, 2.45) is 0 Å². The van der Waals surface area contributed by atoms with Crippen LogP contribution in [0.2, 0.25) is 0 Å². The summed E-state index contributed by atoms with van der Waals surface area (Å²) in [5.41, 5.74) is 6.78. The number of hydrogen-bond acceptors (Lipinski definition) is 5. The van der Waals surface area contributed by atoms with Crippen LogP contribution in [0.3, 0.4) is 0 Å². The lowest BCUT2D eigenvalue weighted by molar-refractivity contribution is 0.941. The maximum atomic E-state index is 5.37. The van der Waals surface area contributed by atoms with E-state index < -0.39 is 0 Å². The molecule has 0 aliphatic heterocycles. The molecule has 6 nitrogen and oxygen atoms in total. The van der Waals surface area contributed by atoms with Crippen molar-refractivity contribution in [3.05, 3.63) is 146 Å². The van der Waals surface area contributed by atoms with Crippen LogP contribution in [-0.4, -0.2) is 28.9 Å². The highest BCUT2D eigenvalue weighted by Gasteiger charge is 2.24. The predicted octanol–water partition coefficient (Wildman–Crippen LogP) is 10.6. The Morgan fingerprint density at radius 1 is 0.449 bits per heavy atom. The second-order valence-corrected chi connectivity index (χ2v) is 13.4. The van der Waals surface area contributed by atoms with Crippen molar-refractivity contribution in [1.29, 1.82) is 0 Å². The van der Waals surface area contributed by atoms with Crippen LogP contribution in [0.4, 0.5) is 0 Å². The molecular formula is C42H24N6S. The summed E-state index contributed by atoms with van der Waals surface area (Å²) in [5, 5.41) is 6.87. The Labute approximate surface area is 283 Å². The molecule has 0 aliphatic rings. The fourth-order valence-corrected chi connectivity index (χ4v) is 8.62. The third-order valence-corrected chi connectivity index (χ3v) is 10.7. The van der Waals surface area contributed by atoms with E-state index in [1.165, 1.54) is 14.8 Å². The molecule has 0 unspecified atom stereocenters. The van der Waals surface area contributed by atoms with Crippen LogP contribution < -0.4 is 0 Å². The summed E-state index contributed by atoms with van der Waals surface area (Å²) in [6, 6.07) is 50.6. The predicted molar refractivity (Wildman–Crippen MR) is 202 cm³/mol. The molecule has 6 aromatic carbocycles. The highest BCUT2D eigenvalue weighted by atomic mass is 32.1. The summed E-state index contributed by atoms with van der Waals surface area (Å²) in [4.78, 5) is 21.0. The fourth-order valence-electron chi connectivity index (χ4n) is 7.49. The first kappa shape index (κ1) is 26.6. The second-order valence-electron chi connectivity index (χ2n) is 12.3. The van der Waals surface area contributed by atoms with Crippen molar-refractivity contribution < 1.29 is 0 Å². The number of hydrogen-bond donors (Lipinski definition) is 0. The molecule has 228 valence electrons. The molecule has 0 radical (unpaired) electrons. The van der Waals surface area contributed by atoms with Crippen LogP contribution in [0.25, 0.3) is 98.3 Å². The molecular weight excluding hydrogens is 621 g/mol. The second kappa shape index (κ2) is 10.0. The van der Waals surface area contributed by atoms with Crippen LogP contribution in [0.15, 0.2) is 146 Å². The Morgan fingerprint density at radius 2 is 1.12 bits per heavy atom. The summed E-state index contributed by atoms with van der Waals surface area (Å²) < 4.78 is 6.94. The van der Waals surface area contributed by atoms with E-state index >= 15 is 0 Å². The Hall–Kier alpha value is -6.44. The minimum absolute atomic E-state index is 0.556. The number of aromatic nitrogens is 6. The average molecular weight is 645 g/mol. The molecule has 49 heavy (non-hydrogen) atoms. The van der Waals surface area contributed by atoms with E-state index in [0.29, 0.717) is 17.6 Å². The SMILES string of the molecule is c1ccc(-c2nc(-c3cccc4sc5ccccc5c34)nc(-n3c4ccccc4c4c5ccccc5c5nc6ccccc6n5c43)n2)cc1. The monoisotopic (exact) mass is 644 g/mol. The number of benzene rings is 6. The van der Waals surface area contributed by atoms with Crippen molar-refractivity contribution in [1.82, 2.24) is 28.9 Å². The van der Waals surface area contributed by atoms with Gasteiger partial charge in [-0.2, -0.15) is 9.97 Å². The highest BCUT2D eigenvalue weighted by molar-refractivity contribution is 7.25. The van der Waals surface area contributed by atoms with Gasteiger partial charge >= 0.3 is 0 Å². The minimum atomic E-state index is 0.556. The largest absolute Gasteiger partial charge is 0.277 e. The minimum Gasteiger partial charge on any atom is -0.277 e. The van der Waals surface area contributed by atoms with Gasteiger partial charge < -0.3 is 0 Å². The van der Waals surface area contributed by atoms with E-state index in [-0.39, 0.29) is 0 Å². The van der Waals surface area contributed by atoms with Crippen molar-refractivity contribution in [2.75, 3.05) is 0 Å². The number of para-hydroxylation sites is 3. The number of nitrogens with zero attached hydrogens (tertiary/aromatic N) is 6. The summed E-state index contributed by atoms with van der Waals surface area (Å²) >= 11 is 1.79. The van der Waals surface area contributed by atoms with Crippen LogP contribution in [0, 0.1) is 0 Å². The van der Waals surface area contributed by atoms with E-state index in [2.05, 4.69) is 130 Å². The van der Waals surface area contributed by atoms with E-state index in [1.54, 1.807) is 11.3 Å². The zero-order valence-electron chi connectivity index (χ0n) is 25.9. The zero-order valence-corrected chi connectivity index (χ0v) is 26.8. The van der Waals surface area contributed by atoms with Crippen molar-refractivity contribution in [3.8, 4) is 28.7 Å². The lowest BCUT2D eigenvalue weighted by Crippen LogP contribution is -2.08. The molecule has 0 atom stereocenters. The standard InChI is InChI=1S/C42H24N6S/c1-2-13-25(14-3-1)38-44-39(30-19-12-24-35-36(30)29-18-7-11-23-34(29)49-35)46-42(45-38)48-32-21-9-6-17-28(32)37-26-15-4-5-16-27(26)40-43-31-20-8-10-22-33(31)47(40)41(37)48/h1-24H. The van der Waals surface area contributed by atoms with Gasteiger partial charge in [-0.15, -0.1) is 11.3 Å². The van der Waals surface area contributed by atoms with Crippen LogP contribution in [-0.2, 0) is 0 Å². The number of thiophene rings is 1. The molecule has 5 aromatic heterocycles. The van der Waals surface area contributed by atoms with E-state index in [1.807, 2.05) is 24.3 Å². The lowest BCUT2D eigenvalue weighted by atomic mass is 10.1. The van der Waals surface area contributed by atoms with Gasteiger partial charge in [0.15, 0.2) is 11.6 Å². The van der Waals surface area contributed by atoms with Crippen LogP contribution in [0.5, 0.6) is 0 Å². The van der Waals surface area contributed by atoms with Gasteiger partial charge in [-0.05, 0) is 35.7 Å². The lowest BCUT2D eigenvalue weighted by Gasteiger charge is -2.13. The Morgan fingerprint density at radius 3 is 2.00 bits per heavy atom. The number of pyridine rings is 1.